The average molecular weight is 491 g/mol. The summed E-state index contributed by atoms with van der Waals surface area (Å²) < 4.78 is 12.7. The van der Waals surface area contributed by atoms with Crippen LogP contribution in [0.15, 0.2) is 83.0 Å². The molecule has 2 aromatic carbocycles. The second-order valence-corrected chi connectivity index (χ2v) is 8.50. The van der Waals surface area contributed by atoms with E-state index < -0.39 is 0 Å². The summed E-state index contributed by atoms with van der Waals surface area (Å²) >= 11 is 1.23. The van der Waals surface area contributed by atoms with E-state index in [9.17, 15) is 9.59 Å². The topological polar surface area (TPSA) is 95.3 Å². The Hall–Kier alpha value is -3.85. The number of fused-ring (bicyclic) bond motifs is 1. The lowest BCUT2D eigenvalue weighted by Crippen LogP contribution is -2.30. The number of aromatic nitrogens is 3. The number of thioether (sulfide) groups is 1. The molecule has 0 spiro atoms. The summed E-state index contributed by atoms with van der Waals surface area (Å²) in [5, 5.41) is 3.86. The smallest absolute Gasteiger partial charge is 0.262 e. The van der Waals surface area contributed by atoms with Gasteiger partial charge in [0.15, 0.2) is 5.16 Å². The van der Waals surface area contributed by atoms with Gasteiger partial charge >= 0.3 is 0 Å². The van der Waals surface area contributed by atoms with Crippen LogP contribution in [-0.4, -0.2) is 46.0 Å². The molecule has 8 nitrogen and oxygen atoms in total. The van der Waals surface area contributed by atoms with Crippen molar-refractivity contribution in [3.63, 3.8) is 0 Å². The molecule has 4 aromatic rings. The third kappa shape index (κ3) is 6.60. The first kappa shape index (κ1) is 24.3. The Balaban J connectivity index is 1.35. The van der Waals surface area contributed by atoms with Crippen LogP contribution in [0, 0.1) is 0 Å². The molecule has 2 aromatic heterocycles. The van der Waals surface area contributed by atoms with Gasteiger partial charge in [-0.15, -0.1) is 0 Å². The first-order valence-electron chi connectivity index (χ1n) is 11.3. The first-order chi connectivity index (χ1) is 17.1. The van der Waals surface area contributed by atoms with Crippen LogP contribution in [0.3, 0.4) is 0 Å². The van der Waals surface area contributed by atoms with E-state index >= 15 is 0 Å². The van der Waals surface area contributed by atoms with E-state index in [-0.39, 0.29) is 17.2 Å². The quantitative estimate of drug-likeness (QED) is 0.195. The van der Waals surface area contributed by atoms with Crippen molar-refractivity contribution < 1.29 is 14.3 Å². The lowest BCUT2D eigenvalue weighted by atomic mass is 10.2. The molecule has 0 aliphatic carbocycles. The number of pyridine rings is 1. The average Bonchev–Trinajstić information content (AvgIpc) is 2.89. The van der Waals surface area contributed by atoms with Gasteiger partial charge in [0.05, 0.1) is 36.4 Å². The highest BCUT2D eigenvalue weighted by Crippen LogP contribution is 2.19. The normalized spacial score (nSPS) is 10.8. The largest absolute Gasteiger partial charge is 0.494 e. The molecular formula is C26H26N4O4S. The maximum Gasteiger partial charge on any atom is 0.262 e. The van der Waals surface area contributed by atoms with Gasteiger partial charge in [-0.05, 0) is 55.0 Å². The molecule has 9 heteroatoms. The highest BCUT2D eigenvalue weighted by molar-refractivity contribution is 7.99. The van der Waals surface area contributed by atoms with Crippen LogP contribution < -0.4 is 20.3 Å². The third-order valence-electron chi connectivity index (χ3n) is 5.05. The maximum atomic E-state index is 13.2. The number of nitrogens with zero attached hydrogens (tertiary/aromatic N) is 3. The molecule has 0 bridgehead atoms. The van der Waals surface area contributed by atoms with Gasteiger partial charge in [0, 0.05) is 12.4 Å². The molecule has 4 rings (SSSR count). The molecule has 0 atom stereocenters. The SMILES string of the molecule is CCOc1ccc(OCCNC(=O)CSc2nc3ccccc3c(=O)n2Cc2cccnc2)cc1. The lowest BCUT2D eigenvalue weighted by molar-refractivity contribution is -0.118. The number of amides is 1. The second-order valence-electron chi connectivity index (χ2n) is 7.56. The van der Waals surface area contributed by atoms with Gasteiger partial charge in [-0.1, -0.05) is 30.0 Å². The van der Waals surface area contributed by atoms with Crippen molar-refractivity contribution in [2.45, 2.75) is 18.6 Å². The van der Waals surface area contributed by atoms with Gasteiger partial charge in [-0.25, -0.2) is 4.98 Å². The van der Waals surface area contributed by atoms with Crippen LogP contribution in [0.2, 0.25) is 0 Å². The molecule has 0 saturated carbocycles. The van der Waals surface area contributed by atoms with E-state index in [2.05, 4.69) is 15.3 Å². The van der Waals surface area contributed by atoms with Crippen LogP contribution in [0.1, 0.15) is 12.5 Å². The van der Waals surface area contributed by atoms with Crippen LogP contribution in [-0.2, 0) is 11.3 Å². The summed E-state index contributed by atoms with van der Waals surface area (Å²) in [5.74, 6) is 1.45. The van der Waals surface area contributed by atoms with E-state index in [4.69, 9.17) is 9.47 Å². The van der Waals surface area contributed by atoms with Crippen molar-refractivity contribution in [3.8, 4) is 11.5 Å². The predicted molar refractivity (Wildman–Crippen MR) is 136 cm³/mol. The first-order valence-corrected chi connectivity index (χ1v) is 12.3. The maximum absolute atomic E-state index is 13.2. The minimum absolute atomic E-state index is 0.126. The van der Waals surface area contributed by atoms with Crippen LogP contribution >= 0.6 is 11.8 Å². The van der Waals surface area contributed by atoms with Gasteiger partial charge < -0.3 is 14.8 Å². The summed E-state index contributed by atoms with van der Waals surface area (Å²) in [6, 6.07) is 18.3. The number of rotatable bonds is 11. The number of para-hydroxylation sites is 1. The van der Waals surface area contributed by atoms with Crippen molar-refractivity contribution >= 4 is 28.6 Å². The van der Waals surface area contributed by atoms with E-state index in [0.717, 1.165) is 11.3 Å². The van der Waals surface area contributed by atoms with Crippen LogP contribution in [0.5, 0.6) is 11.5 Å². The number of hydrogen-bond acceptors (Lipinski definition) is 7. The minimum atomic E-state index is -0.166. The van der Waals surface area contributed by atoms with Crippen molar-refractivity contribution in [1.29, 1.82) is 0 Å². The monoisotopic (exact) mass is 490 g/mol. The number of benzene rings is 2. The highest BCUT2D eigenvalue weighted by Gasteiger charge is 2.14. The standard InChI is InChI=1S/C26H26N4O4S/c1-2-33-20-9-11-21(12-10-20)34-15-14-28-24(31)18-35-26-29-23-8-4-3-7-22(23)25(32)30(26)17-19-6-5-13-27-16-19/h3-13,16H,2,14-15,17-18H2,1H3,(H,28,31). The molecule has 0 radical (unpaired) electrons. The molecule has 1 N–H and O–H groups in total. The van der Waals surface area contributed by atoms with E-state index in [1.807, 2.05) is 55.5 Å². The summed E-state index contributed by atoms with van der Waals surface area (Å²) in [7, 11) is 0. The Morgan fingerprint density at radius 3 is 2.54 bits per heavy atom. The molecule has 0 saturated heterocycles. The zero-order valence-corrected chi connectivity index (χ0v) is 20.2. The highest BCUT2D eigenvalue weighted by atomic mass is 32.2. The van der Waals surface area contributed by atoms with E-state index in [0.29, 0.717) is 48.1 Å². The molecule has 1 amide bonds. The summed E-state index contributed by atoms with van der Waals surface area (Å²) in [4.78, 5) is 34.4. The molecule has 35 heavy (non-hydrogen) atoms. The van der Waals surface area contributed by atoms with Gasteiger partial charge in [0.2, 0.25) is 5.91 Å². The predicted octanol–water partition coefficient (Wildman–Crippen LogP) is 3.53. The number of ether oxygens (including phenoxy) is 2. The van der Waals surface area contributed by atoms with Gasteiger partial charge in [0.1, 0.15) is 18.1 Å². The minimum Gasteiger partial charge on any atom is -0.494 e. The van der Waals surface area contributed by atoms with Crippen LogP contribution in [0.4, 0.5) is 0 Å². The zero-order valence-electron chi connectivity index (χ0n) is 19.3. The Labute approximate surface area is 207 Å². The molecule has 0 aliphatic rings. The third-order valence-corrected chi connectivity index (χ3v) is 6.03. The molecule has 0 unspecified atom stereocenters. The Morgan fingerprint density at radius 1 is 1.03 bits per heavy atom. The fourth-order valence-corrected chi connectivity index (χ4v) is 4.24. The van der Waals surface area contributed by atoms with Gasteiger partial charge in [-0.3, -0.25) is 19.1 Å². The second kappa shape index (κ2) is 12.0. The Bertz CT molecular complexity index is 1330. The van der Waals surface area contributed by atoms with Crippen LogP contribution in [0.25, 0.3) is 10.9 Å². The van der Waals surface area contributed by atoms with E-state index in [1.165, 1.54) is 11.8 Å². The summed E-state index contributed by atoms with van der Waals surface area (Å²) in [5.41, 5.74) is 1.34. The molecule has 0 fully saturated rings. The van der Waals surface area contributed by atoms with Crippen molar-refractivity contribution in [2.75, 3.05) is 25.5 Å². The number of carbonyl (C=O) groups is 1. The fourth-order valence-electron chi connectivity index (χ4n) is 3.41. The fraction of sp³-hybridized carbons (Fsp3) is 0.231. The molecule has 0 aliphatic heterocycles. The number of carbonyl (C=O) groups excluding carboxylic acids is 1. The van der Waals surface area contributed by atoms with E-state index in [1.54, 1.807) is 29.1 Å². The molecular weight excluding hydrogens is 464 g/mol. The van der Waals surface area contributed by atoms with Crippen molar-refractivity contribution in [1.82, 2.24) is 19.9 Å². The lowest BCUT2D eigenvalue weighted by Gasteiger charge is -2.13. The molecule has 180 valence electrons. The van der Waals surface area contributed by atoms with Crippen molar-refractivity contribution in [2.24, 2.45) is 0 Å². The number of hydrogen-bond donors (Lipinski definition) is 1. The Morgan fingerprint density at radius 2 is 1.80 bits per heavy atom. The summed E-state index contributed by atoms with van der Waals surface area (Å²) in [6.45, 7) is 3.56. The van der Waals surface area contributed by atoms with Gasteiger partial charge in [-0.2, -0.15) is 0 Å². The van der Waals surface area contributed by atoms with Crippen molar-refractivity contribution in [3.05, 3.63) is 89.0 Å². The van der Waals surface area contributed by atoms with Gasteiger partial charge in [0.25, 0.3) is 5.56 Å². The zero-order chi connectivity index (χ0) is 24.5. The Kier molecular flexibility index (Phi) is 8.34. The molecule has 2 heterocycles. The number of nitrogens with one attached hydrogen (secondary N) is 1. The summed E-state index contributed by atoms with van der Waals surface area (Å²) in [6.07, 6.45) is 3.40.